The average molecular weight is 462 g/mol. The van der Waals surface area contributed by atoms with Crippen LogP contribution in [-0.2, 0) is 4.74 Å². The number of hydrogen-bond acceptors (Lipinski definition) is 5. The van der Waals surface area contributed by atoms with Crippen LogP contribution < -0.4 is 10.2 Å². The summed E-state index contributed by atoms with van der Waals surface area (Å²) in [7, 11) is 0. The van der Waals surface area contributed by atoms with Crippen molar-refractivity contribution in [1.29, 1.82) is 0 Å². The molecular formula is C23H22ClF2N3O3. The van der Waals surface area contributed by atoms with E-state index in [4.69, 9.17) is 20.9 Å². The number of carbonyl (C=O) groups is 1. The highest BCUT2D eigenvalue weighted by molar-refractivity contribution is 6.33. The number of aromatic nitrogens is 1. The zero-order chi connectivity index (χ0) is 23.0. The minimum absolute atomic E-state index is 0.0160. The largest absolute Gasteiger partial charge is 0.372 e. The number of hydrogen-bond donors (Lipinski definition) is 1. The van der Waals surface area contributed by atoms with Gasteiger partial charge in [-0.2, -0.15) is 0 Å². The van der Waals surface area contributed by atoms with Crippen LogP contribution in [0.25, 0.3) is 11.3 Å². The lowest BCUT2D eigenvalue weighted by Gasteiger charge is -2.37. The van der Waals surface area contributed by atoms with Crippen LogP contribution in [0.2, 0.25) is 5.02 Å². The van der Waals surface area contributed by atoms with E-state index in [1.807, 2.05) is 18.7 Å². The van der Waals surface area contributed by atoms with Crippen molar-refractivity contribution in [2.24, 2.45) is 0 Å². The number of anilines is 2. The van der Waals surface area contributed by atoms with Gasteiger partial charge in [0.05, 0.1) is 28.5 Å². The number of nitrogens with one attached hydrogen (secondary N) is 1. The third-order valence-corrected chi connectivity index (χ3v) is 5.57. The predicted octanol–water partition coefficient (Wildman–Crippen LogP) is 5.45. The Labute approximate surface area is 189 Å². The van der Waals surface area contributed by atoms with Crippen LogP contribution in [0.5, 0.6) is 0 Å². The molecule has 9 heteroatoms. The van der Waals surface area contributed by atoms with Gasteiger partial charge >= 0.3 is 0 Å². The van der Waals surface area contributed by atoms with Crippen LogP contribution in [-0.4, -0.2) is 36.4 Å². The van der Waals surface area contributed by atoms with Crippen molar-refractivity contribution in [3.63, 3.8) is 0 Å². The second kappa shape index (κ2) is 8.88. The molecule has 3 aromatic rings. The number of ether oxygens (including phenoxy) is 1. The minimum atomic E-state index is -0.635. The standard InChI is InChI=1S/C23H22ClF2N3O3/c1-12-10-29(11-13(2)31-12)19-8-7-15(9-18(19)26)27-23(30)20-14(3)32-28-22(20)21-16(24)5-4-6-17(21)25/h4-9,12-13H,10-11H2,1-3H3,(H,27,30). The number of rotatable bonds is 4. The SMILES string of the molecule is Cc1onc(-c2c(F)cccc2Cl)c1C(=O)Nc1ccc(N2CC(C)OC(C)C2)c(F)c1. The monoisotopic (exact) mass is 461 g/mol. The van der Waals surface area contributed by atoms with E-state index in [1.165, 1.54) is 31.2 Å². The Kier molecular flexibility index (Phi) is 6.17. The molecule has 1 aromatic heterocycles. The van der Waals surface area contributed by atoms with Gasteiger partial charge in [-0.1, -0.05) is 22.8 Å². The number of halogens is 3. The van der Waals surface area contributed by atoms with Crippen LogP contribution >= 0.6 is 11.6 Å². The van der Waals surface area contributed by atoms with Crippen molar-refractivity contribution in [2.75, 3.05) is 23.3 Å². The summed E-state index contributed by atoms with van der Waals surface area (Å²) in [5.41, 5.74) is 0.656. The molecule has 2 atom stereocenters. The number of amides is 1. The lowest BCUT2D eigenvalue weighted by atomic mass is 10.0. The van der Waals surface area contributed by atoms with Crippen LogP contribution in [0, 0.1) is 18.6 Å². The van der Waals surface area contributed by atoms with E-state index in [9.17, 15) is 13.6 Å². The summed E-state index contributed by atoms with van der Waals surface area (Å²) < 4.78 is 40.1. The van der Waals surface area contributed by atoms with E-state index in [2.05, 4.69) is 10.5 Å². The topological polar surface area (TPSA) is 67.6 Å². The summed E-state index contributed by atoms with van der Waals surface area (Å²) in [6.45, 7) is 6.55. The second-order valence-corrected chi connectivity index (χ2v) is 8.25. The van der Waals surface area contributed by atoms with Gasteiger partial charge in [0.25, 0.3) is 5.91 Å². The molecule has 2 heterocycles. The number of benzene rings is 2. The van der Waals surface area contributed by atoms with E-state index in [-0.39, 0.29) is 45.5 Å². The number of carbonyl (C=O) groups excluding carboxylic acids is 1. The zero-order valence-corrected chi connectivity index (χ0v) is 18.5. The Morgan fingerprint density at radius 1 is 1.16 bits per heavy atom. The fraction of sp³-hybridized carbons (Fsp3) is 0.304. The van der Waals surface area contributed by atoms with E-state index in [0.29, 0.717) is 18.8 Å². The average Bonchev–Trinajstić information content (AvgIpc) is 3.08. The Balaban J connectivity index is 1.59. The molecule has 6 nitrogen and oxygen atoms in total. The fourth-order valence-electron chi connectivity index (χ4n) is 3.94. The predicted molar refractivity (Wildman–Crippen MR) is 118 cm³/mol. The molecule has 2 unspecified atom stereocenters. The molecule has 0 bridgehead atoms. The Morgan fingerprint density at radius 2 is 1.88 bits per heavy atom. The minimum Gasteiger partial charge on any atom is -0.372 e. The third kappa shape index (κ3) is 4.33. The van der Waals surface area contributed by atoms with Crippen LogP contribution in [0.1, 0.15) is 30.0 Å². The molecule has 1 fully saturated rings. The lowest BCUT2D eigenvalue weighted by Crippen LogP contribution is -2.45. The molecule has 1 aliphatic rings. The fourth-order valence-corrected chi connectivity index (χ4v) is 4.20. The summed E-state index contributed by atoms with van der Waals surface area (Å²) >= 11 is 6.13. The highest BCUT2D eigenvalue weighted by Gasteiger charge is 2.27. The van der Waals surface area contributed by atoms with Crippen molar-refractivity contribution >= 4 is 28.9 Å². The molecule has 1 saturated heterocycles. The molecule has 1 amide bonds. The maximum atomic E-state index is 14.9. The molecule has 0 aliphatic carbocycles. The molecule has 32 heavy (non-hydrogen) atoms. The Bertz CT molecular complexity index is 1140. The summed E-state index contributed by atoms with van der Waals surface area (Å²) in [5.74, 6) is -1.53. The first-order valence-corrected chi connectivity index (χ1v) is 10.5. The molecule has 0 spiro atoms. The third-order valence-electron chi connectivity index (χ3n) is 5.26. The van der Waals surface area contributed by atoms with Crippen molar-refractivity contribution in [3.05, 3.63) is 64.4 Å². The lowest BCUT2D eigenvalue weighted by molar-refractivity contribution is -0.00539. The number of nitrogens with zero attached hydrogens (tertiary/aromatic N) is 2. The Hall–Kier alpha value is -2.97. The highest BCUT2D eigenvalue weighted by Crippen LogP contribution is 2.34. The van der Waals surface area contributed by atoms with Crippen molar-refractivity contribution in [2.45, 2.75) is 33.0 Å². The van der Waals surface area contributed by atoms with E-state index in [0.717, 1.165) is 0 Å². The molecule has 1 N–H and O–H groups in total. The Morgan fingerprint density at radius 3 is 2.53 bits per heavy atom. The van der Waals surface area contributed by atoms with Gasteiger partial charge in [0.15, 0.2) is 0 Å². The first-order valence-electron chi connectivity index (χ1n) is 10.2. The summed E-state index contributed by atoms with van der Waals surface area (Å²) in [4.78, 5) is 14.9. The zero-order valence-electron chi connectivity index (χ0n) is 17.8. The van der Waals surface area contributed by atoms with Crippen LogP contribution in [0.4, 0.5) is 20.2 Å². The molecule has 0 radical (unpaired) electrons. The molecule has 4 rings (SSSR count). The molecule has 2 aromatic carbocycles. The smallest absolute Gasteiger partial charge is 0.261 e. The molecule has 1 aliphatic heterocycles. The van der Waals surface area contributed by atoms with Crippen molar-refractivity contribution < 1.29 is 22.8 Å². The van der Waals surface area contributed by atoms with Gasteiger partial charge in [0.2, 0.25) is 0 Å². The quantitative estimate of drug-likeness (QED) is 0.559. The van der Waals surface area contributed by atoms with Gasteiger partial charge in [0, 0.05) is 18.8 Å². The van der Waals surface area contributed by atoms with Crippen LogP contribution in [0.3, 0.4) is 0 Å². The van der Waals surface area contributed by atoms with Gasteiger partial charge < -0.3 is 19.5 Å². The molecule has 168 valence electrons. The first-order chi connectivity index (χ1) is 15.2. The van der Waals surface area contributed by atoms with E-state index >= 15 is 0 Å². The molecule has 0 saturated carbocycles. The van der Waals surface area contributed by atoms with E-state index in [1.54, 1.807) is 12.1 Å². The van der Waals surface area contributed by atoms with Gasteiger partial charge in [0.1, 0.15) is 28.7 Å². The van der Waals surface area contributed by atoms with Gasteiger partial charge in [-0.15, -0.1) is 0 Å². The summed E-state index contributed by atoms with van der Waals surface area (Å²) in [5, 5.41) is 6.55. The molecular weight excluding hydrogens is 440 g/mol. The number of aryl methyl sites for hydroxylation is 1. The first kappa shape index (κ1) is 22.2. The summed E-state index contributed by atoms with van der Waals surface area (Å²) in [6, 6.07) is 8.64. The maximum Gasteiger partial charge on any atom is 0.261 e. The van der Waals surface area contributed by atoms with Gasteiger partial charge in [-0.05, 0) is 51.1 Å². The van der Waals surface area contributed by atoms with Crippen LogP contribution in [0.15, 0.2) is 40.9 Å². The van der Waals surface area contributed by atoms with Crippen molar-refractivity contribution in [1.82, 2.24) is 5.16 Å². The maximum absolute atomic E-state index is 14.9. The van der Waals surface area contributed by atoms with Gasteiger partial charge in [-0.25, -0.2) is 8.78 Å². The summed E-state index contributed by atoms with van der Waals surface area (Å²) in [6.07, 6.45) is -0.0320. The van der Waals surface area contributed by atoms with E-state index < -0.39 is 17.5 Å². The number of morpholine rings is 1. The normalized spacial score (nSPS) is 18.6. The highest BCUT2D eigenvalue weighted by atomic mass is 35.5. The van der Waals surface area contributed by atoms with Gasteiger partial charge in [-0.3, -0.25) is 4.79 Å². The van der Waals surface area contributed by atoms with Crippen molar-refractivity contribution in [3.8, 4) is 11.3 Å². The second-order valence-electron chi connectivity index (χ2n) is 7.84.